The molecule has 0 heterocycles. The van der Waals surface area contributed by atoms with Crippen LogP contribution in [0.1, 0.15) is 13.8 Å². The van der Waals surface area contributed by atoms with Gasteiger partial charge in [-0.15, -0.1) is 0 Å². The molecule has 0 spiro atoms. The number of carbonyl (C=O) groups is 2. The molecule has 0 aliphatic carbocycles. The van der Waals surface area contributed by atoms with Gasteiger partial charge in [-0.3, -0.25) is 4.79 Å². The molecule has 0 fully saturated rings. The standard InChI is InChI=1S/C6H11NO2/c1-5(4-8)7(3)6(2)9/h4-5H,1-3H3/t5-/m0/s1. The van der Waals surface area contributed by atoms with Gasteiger partial charge in [0.15, 0.2) is 0 Å². The SMILES string of the molecule is CC(=O)N(C)[C@@H](C)C=O. The first-order chi connectivity index (χ1) is 4.09. The van der Waals surface area contributed by atoms with Crippen molar-refractivity contribution in [2.75, 3.05) is 7.05 Å². The lowest BCUT2D eigenvalue weighted by Gasteiger charge is -2.17. The lowest BCUT2D eigenvalue weighted by atomic mass is 10.3. The number of amides is 1. The van der Waals surface area contributed by atoms with E-state index >= 15 is 0 Å². The predicted octanol–water partition coefficient (Wildman–Crippen LogP) is 0.0521. The Hall–Kier alpha value is -0.860. The highest BCUT2D eigenvalue weighted by Crippen LogP contribution is 1.90. The highest BCUT2D eigenvalue weighted by molar-refractivity contribution is 5.76. The summed E-state index contributed by atoms with van der Waals surface area (Å²) < 4.78 is 0. The first-order valence-electron chi connectivity index (χ1n) is 2.78. The van der Waals surface area contributed by atoms with Crippen LogP contribution in [0.2, 0.25) is 0 Å². The maximum absolute atomic E-state index is 10.5. The number of hydrogen-bond donors (Lipinski definition) is 0. The number of carbonyl (C=O) groups excluding carboxylic acids is 2. The molecule has 0 N–H and O–H groups in total. The van der Waals surface area contributed by atoms with Crippen LogP contribution < -0.4 is 0 Å². The van der Waals surface area contributed by atoms with Crippen LogP contribution in [0.15, 0.2) is 0 Å². The largest absolute Gasteiger partial charge is 0.337 e. The zero-order valence-corrected chi connectivity index (χ0v) is 5.92. The number of rotatable bonds is 2. The maximum Gasteiger partial charge on any atom is 0.219 e. The maximum atomic E-state index is 10.5. The summed E-state index contributed by atoms with van der Waals surface area (Å²) in [7, 11) is 1.60. The van der Waals surface area contributed by atoms with Crippen LogP contribution in [0.25, 0.3) is 0 Å². The molecule has 3 nitrogen and oxygen atoms in total. The fraction of sp³-hybridized carbons (Fsp3) is 0.667. The molecule has 0 unspecified atom stereocenters. The normalized spacial score (nSPS) is 12.3. The molecular formula is C6H11NO2. The minimum absolute atomic E-state index is 0.0883. The highest BCUT2D eigenvalue weighted by atomic mass is 16.2. The molecule has 52 valence electrons. The van der Waals surface area contributed by atoms with E-state index in [2.05, 4.69) is 0 Å². The Morgan fingerprint density at radius 3 is 2.22 bits per heavy atom. The lowest BCUT2D eigenvalue weighted by Crippen LogP contribution is -2.33. The molecule has 0 aromatic heterocycles. The molecule has 0 bridgehead atoms. The Balaban J connectivity index is 3.86. The molecule has 0 radical (unpaired) electrons. The van der Waals surface area contributed by atoms with E-state index in [9.17, 15) is 9.59 Å². The van der Waals surface area contributed by atoms with Crippen molar-refractivity contribution in [3.63, 3.8) is 0 Å². The quantitative estimate of drug-likeness (QED) is 0.494. The third kappa shape index (κ3) is 2.26. The van der Waals surface area contributed by atoms with Crippen molar-refractivity contribution < 1.29 is 9.59 Å². The third-order valence-electron chi connectivity index (χ3n) is 1.30. The predicted molar refractivity (Wildman–Crippen MR) is 34.0 cm³/mol. The number of nitrogens with zero attached hydrogens (tertiary/aromatic N) is 1. The molecule has 0 aliphatic rings. The topological polar surface area (TPSA) is 37.4 Å². The highest BCUT2D eigenvalue weighted by Gasteiger charge is 2.08. The molecule has 0 saturated heterocycles. The molecule has 1 amide bonds. The van der Waals surface area contributed by atoms with Crippen molar-refractivity contribution in [3.05, 3.63) is 0 Å². The minimum Gasteiger partial charge on any atom is -0.337 e. The molecular weight excluding hydrogens is 118 g/mol. The second kappa shape index (κ2) is 3.22. The van der Waals surface area contributed by atoms with Crippen molar-refractivity contribution in [1.82, 2.24) is 4.90 Å². The van der Waals surface area contributed by atoms with Crippen LogP contribution in [-0.4, -0.2) is 30.2 Å². The van der Waals surface area contributed by atoms with Gasteiger partial charge in [-0.25, -0.2) is 0 Å². The van der Waals surface area contributed by atoms with Crippen LogP contribution in [0.3, 0.4) is 0 Å². The van der Waals surface area contributed by atoms with Gasteiger partial charge in [0.05, 0.1) is 6.04 Å². The number of aldehydes is 1. The van der Waals surface area contributed by atoms with E-state index < -0.39 is 0 Å². The van der Waals surface area contributed by atoms with E-state index in [1.165, 1.54) is 11.8 Å². The van der Waals surface area contributed by atoms with E-state index in [4.69, 9.17) is 0 Å². The van der Waals surface area contributed by atoms with Gasteiger partial charge >= 0.3 is 0 Å². The van der Waals surface area contributed by atoms with Crippen molar-refractivity contribution in [3.8, 4) is 0 Å². The van der Waals surface area contributed by atoms with Gasteiger partial charge < -0.3 is 9.69 Å². The summed E-state index contributed by atoms with van der Waals surface area (Å²) in [5.74, 6) is -0.0883. The van der Waals surface area contributed by atoms with Crippen molar-refractivity contribution in [2.24, 2.45) is 0 Å². The van der Waals surface area contributed by atoms with E-state index in [0.717, 1.165) is 6.29 Å². The van der Waals surface area contributed by atoms with Crippen LogP contribution in [0, 0.1) is 0 Å². The molecule has 9 heavy (non-hydrogen) atoms. The zero-order chi connectivity index (χ0) is 7.44. The Labute approximate surface area is 54.6 Å². The van der Waals surface area contributed by atoms with Crippen LogP contribution in [0.4, 0.5) is 0 Å². The van der Waals surface area contributed by atoms with Crippen molar-refractivity contribution in [2.45, 2.75) is 19.9 Å². The average Bonchev–Trinajstić information content (AvgIpc) is 1.84. The fourth-order valence-corrected chi connectivity index (χ4v) is 0.378. The van der Waals surface area contributed by atoms with Gasteiger partial charge in [0, 0.05) is 14.0 Å². The zero-order valence-electron chi connectivity index (χ0n) is 5.92. The first-order valence-corrected chi connectivity index (χ1v) is 2.78. The molecule has 0 aliphatic heterocycles. The summed E-state index contributed by atoms with van der Waals surface area (Å²) in [6.07, 6.45) is 0.738. The summed E-state index contributed by atoms with van der Waals surface area (Å²) in [6.45, 7) is 3.11. The van der Waals surface area contributed by atoms with E-state index in [1.807, 2.05) is 0 Å². The monoisotopic (exact) mass is 129 g/mol. The third-order valence-corrected chi connectivity index (χ3v) is 1.30. The van der Waals surface area contributed by atoms with Gasteiger partial charge in [-0.1, -0.05) is 0 Å². The average molecular weight is 129 g/mol. The molecule has 1 atom stereocenters. The molecule has 0 aromatic rings. The van der Waals surface area contributed by atoms with Gasteiger partial charge in [-0.05, 0) is 6.92 Å². The lowest BCUT2D eigenvalue weighted by molar-refractivity contribution is -0.132. The Morgan fingerprint density at radius 2 is 2.11 bits per heavy atom. The van der Waals surface area contributed by atoms with Gasteiger partial charge in [-0.2, -0.15) is 0 Å². The number of likely N-dealkylation sites (N-methyl/N-ethyl adjacent to an activating group) is 1. The van der Waals surface area contributed by atoms with Gasteiger partial charge in [0.2, 0.25) is 5.91 Å². The summed E-state index contributed by atoms with van der Waals surface area (Å²) in [4.78, 5) is 21.9. The second-order valence-corrected chi connectivity index (χ2v) is 2.01. The summed E-state index contributed by atoms with van der Waals surface area (Å²) in [5.41, 5.74) is 0. The Kier molecular flexibility index (Phi) is 2.91. The minimum atomic E-state index is -0.303. The first kappa shape index (κ1) is 8.14. The van der Waals surface area contributed by atoms with Gasteiger partial charge in [0.25, 0.3) is 0 Å². The molecule has 3 heteroatoms. The molecule has 0 aromatic carbocycles. The van der Waals surface area contributed by atoms with Gasteiger partial charge in [0.1, 0.15) is 6.29 Å². The van der Waals surface area contributed by atoms with Crippen molar-refractivity contribution >= 4 is 12.2 Å². The van der Waals surface area contributed by atoms with Crippen LogP contribution in [-0.2, 0) is 9.59 Å². The Bertz CT molecular complexity index is 122. The second-order valence-electron chi connectivity index (χ2n) is 2.01. The van der Waals surface area contributed by atoms with Crippen molar-refractivity contribution in [1.29, 1.82) is 0 Å². The fourth-order valence-electron chi connectivity index (χ4n) is 0.378. The van der Waals surface area contributed by atoms with Crippen LogP contribution >= 0.6 is 0 Å². The molecule has 0 saturated carbocycles. The summed E-state index contributed by atoms with van der Waals surface area (Å²) in [5, 5.41) is 0. The summed E-state index contributed by atoms with van der Waals surface area (Å²) in [6, 6.07) is -0.303. The van der Waals surface area contributed by atoms with E-state index in [0.29, 0.717) is 0 Å². The summed E-state index contributed by atoms with van der Waals surface area (Å²) >= 11 is 0. The smallest absolute Gasteiger partial charge is 0.219 e. The van der Waals surface area contributed by atoms with E-state index in [1.54, 1.807) is 14.0 Å². The van der Waals surface area contributed by atoms with E-state index in [-0.39, 0.29) is 11.9 Å². The van der Waals surface area contributed by atoms with Crippen LogP contribution in [0.5, 0.6) is 0 Å². The number of hydrogen-bond acceptors (Lipinski definition) is 2. The Morgan fingerprint density at radius 1 is 1.67 bits per heavy atom. The molecule has 0 rings (SSSR count).